The Morgan fingerprint density at radius 3 is 2.86 bits per heavy atom. The Hall–Kier alpha value is -1.41. The molecule has 0 saturated heterocycles. The number of hydrogen-bond acceptors (Lipinski definition) is 6. The lowest BCUT2D eigenvalue weighted by Gasteiger charge is -2.10. The molecule has 0 amide bonds. The number of nitrogens with zero attached hydrogens (tertiary/aromatic N) is 6. The molecule has 114 valence electrons. The van der Waals surface area contributed by atoms with Crippen molar-refractivity contribution in [1.29, 1.82) is 0 Å². The van der Waals surface area contributed by atoms with E-state index in [-0.39, 0.29) is 6.04 Å². The minimum atomic E-state index is 0.159. The number of aromatic nitrogens is 6. The Balaban J connectivity index is 1.88. The van der Waals surface area contributed by atoms with Crippen LogP contribution in [0.3, 0.4) is 0 Å². The maximum absolute atomic E-state index is 6.12. The molecule has 21 heavy (non-hydrogen) atoms. The third-order valence-corrected chi connectivity index (χ3v) is 4.98. The fraction of sp³-hybridized carbons (Fsp3) is 0.692. The van der Waals surface area contributed by atoms with Gasteiger partial charge < -0.3 is 5.73 Å². The van der Waals surface area contributed by atoms with Crippen LogP contribution in [-0.4, -0.2) is 36.0 Å². The van der Waals surface area contributed by atoms with Crippen molar-refractivity contribution in [1.82, 2.24) is 30.0 Å². The molecule has 7 nitrogen and oxygen atoms in total. The van der Waals surface area contributed by atoms with Crippen molar-refractivity contribution in [3.8, 4) is 0 Å². The number of nitrogens with two attached hydrogens (primary N) is 1. The second-order valence-corrected chi connectivity index (χ2v) is 6.56. The number of tetrazole rings is 1. The number of aryl methyl sites for hydroxylation is 2. The van der Waals surface area contributed by atoms with Gasteiger partial charge in [-0.05, 0) is 54.8 Å². The van der Waals surface area contributed by atoms with Crippen LogP contribution in [0.4, 0.5) is 0 Å². The van der Waals surface area contributed by atoms with Crippen LogP contribution in [0.5, 0.6) is 0 Å². The predicted molar refractivity (Wildman–Crippen MR) is 80.1 cm³/mol. The summed E-state index contributed by atoms with van der Waals surface area (Å²) in [4.78, 5) is 0. The average Bonchev–Trinajstić information content (AvgIpc) is 3.15. The van der Waals surface area contributed by atoms with Crippen LogP contribution in [0.2, 0.25) is 0 Å². The highest BCUT2D eigenvalue weighted by Gasteiger charge is 2.29. The molecule has 1 unspecified atom stereocenters. The quantitative estimate of drug-likeness (QED) is 0.870. The van der Waals surface area contributed by atoms with Crippen molar-refractivity contribution >= 4 is 11.8 Å². The van der Waals surface area contributed by atoms with Crippen molar-refractivity contribution in [2.75, 3.05) is 0 Å². The zero-order valence-corrected chi connectivity index (χ0v) is 13.5. The fourth-order valence-corrected chi connectivity index (χ4v) is 3.39. The summed E-state index contributed by atoms with van der Waals surface area (Å²) < 4.78 is 3.83. The summed E-state index contributed by atoms with van der Waals surface area (Å²) in [5.74, 6) is 0. The third kappa shape index (κ3) is 2.96. The van der Waals surface area contributed by atoms with Gasteiger partial charge in [0.05, 0.1) is 11.7 Å². The molecular formula is C13H21N7S. The summed E-state index contributed by atoms with van der Waals surface area (Å²) in [6.45, 7) is 4.14. The van der Waals surface area contributed by atoms with E-state index in [2.05, 4.69) is 27.5 Å². The van der Waals surface area contributed by atoms with E-state index in [1.54, 1.807) is 11.8 Å². The molecule has 1 saturated carbocycles. The van der Waals surface area contributed by atoms with Crippen molar-refractivity contribution in [3.63, 3.8) is 0 Å². The van der Waals surface area contributed by atoms with E-state index in [1.807, 2.05) is 23.3 Å². The van der Waals surface area contributed by atoms with Crippen molar-refractivity contribution < 1.29 is 0 Å². The van der Waals surface area contributed by atoms with Crippen LogP contribution in [-0.2, 0) is 13.5 Å². The first-order chi connectivity index (χ1) is 10.1. The summed E-state index contributed by atoms with van der Waals surface area (Å²) in [6.07, 6.45) is 4.12. The normalized spacial score (nSPS) is 16.4. The second-order valence-electron chi connectivity index (χ2n) is 5.60. The number of hydrogen-bond donors (Lipinski definition) is 1. The molecule has 1 atom stereocenters. The van der Waals surface area contributed by atoms with Gasteiger partial charge in [0.15, 0.2) is 0 Å². The first-order valence-electron chi connectivity index (χ1n) is 7.34. The molecule has 2 heterocycles. The summed E-state index contributed by atoms with van der Waals surface area (Å²) in [7, 11) is 1.96. The largest absolute Gasteiger partial charge is 0.327 e. The van der Waals surface area contributed by atoms with Crippen LogP contribution in [0, 0.1) is 6.92 Å². The van der Waals surface area contributed by atoms with E-state index < -0.39 is 0 Å². The molecule has 1 aliphatic rings. The van der Waals surface area contributed by atoms with E-state index >= 15 is 0 Å². The molecule has 0 spiro atoms. The van der Waals surface area contributed by atoms with Crippen LogP contribution < -0.4 is 5.73 Å². The van der Waals surface area contributed by atoms with Crippen molar-refractivity contribution in [2.45, 2.75) is 61.8 Å². The van der Waals surface area contributed by atoms with Gasteiger partial charge >= 0.3 is 0 Å². The Morgan fingerprint density at radius 2 is 2.19 bits per heavy atom. The van der Waals surface area contributed by atoms with Gasteiger partial charge in [-0.25, -0.2) is 4.68 Å². The highest BCUT2D eigenvalue weighted by atomic mass is 32.2. The molecule has 2 aromatic rings. The van der Waals surface area contributed by atoms with E-state index in [1.165, 1.54) is 5.56 Å². The Labute approximate surface area is 128 Å². The van der Waals surface area contributed by atoms with Crippen molar-refractivity contribution in [2.24, 2.45) is 12.8 Å². The maximum Gasteiger partial charge on any atom is 0.215 e. The van der Waals surface area contributed by atoms with E-state index in [4.69, 9.17) is 5.73 Å². The maximum atomic E-state index is 6.12. The third-order valence-electron chi connectivity index (χ3n) is 3.82. The molecule has 8 heteroatoms. The Bertz CT molecular complexity index is 628. The highest BCUT2D eigenvalue weighted by Crippen LogP contribution is 2.39. The minimum absolute atomic E-state index is 0.159. The van der Waals surface area contributed by atoms with Crippen LogP contribution in [0.1, 0.15) is 43.5 Å². The molecule has 2 aromatic heterocycles. The van der Waals surface area contributed by atoms with Crippen LogP contribution in [0.15, 0.2) is 10.2 Å². The Kier molecular flexibility index (Phi) is 3.99. The monoisotopic (exact) mass is 307 g/mol. The van der Waals surface area contributed by atoms with E-state index in [0.29, 0.717) is 6.04 Å². The predicted octanol–water partition coefficient (Wildman–Crippen LogP) is 1.48. The van der Waals surface area contributed by atoms with E-state index in [9.17, 15) is 0 Å². The SMILES string of the molecule is CCC(N)Cc1c(C)nn(C)c1Sc1nnnn1C1CC1. The van der Waals surface area contributed by atoms with Gasteiger partial charge in [0.25, 0.3) is 0 Å². The van der Waals surface area contributed by atoms with Crippen LogP contribution in [0.25, 0.3) is 0 Å². The van der Waals surface area contributed by atoms with Gasteiger partial charge in [0.1, 0.15) is 5.03 Å². The zero-order chi connectivity index (χ0) is 15.0. The van der Waals surface area contributed by atoms with Gasteiger partial charge in [0, 0.05) is 18.7 Å². The van der Waals surface area contributed by atoms with Crippen LogP contribution >= 0.6 is 11.8 Å². The van der Waals surface area contributed by atoms with Gasteiger partial charge in [-0.15, -0.1) is 5.10 Å². The topological polar surface area (TPSA) is 87.4 Å². The Morgan fingerprint density at radius 1 is 1.43 bits per heavy atom. The minimum Gasteiger partial charge on any atom is -0.327 e. The van der Waals surface area contributed by atoms with Crippen molar-refractivity contribution in [3.05, 3.63) is 11.3 Å². The lowest BCUT2D eigenvalue weighted by molar-refractivity contribution is 0.564. The molecule has 1 aliphatic carbocycles. The average molecular weight is 307 g/mol. The molecule has 1 fully saturated rings. The molecule has 0 aliphatic heterocycles. The van der Waals surface area contributed by atoms with E-state index in [0.717, 1.165) is 41.6 Å². The molecule has 3 rings (SSSR count). The first-order valence-corrected chi connectivity index (χ1v) is 8.15. The van der Waals surface area contributed by atoms with Gasteiger partial charge in [0.2, 0.25) is 5.16 Å². The molecule has 0 radical (unpaired) electrons. The highest BCUT2D eigenvalue weighted by molar-refractivity contribution is 7.99. The smallest absolute Gasteiger partial charge is 0.215 e. The lowest BCUT2D eigenvalue weighted by atomic mass is 10.1. The summed E-state index contributed by atoms with van der Waals surface area (Å²) in [5, 5.41) is 18.5. The summed E-state index contributed by atoms with van der Waals surface area (Å²) >= 11 is 1.59. The molecule has 0 bridgehead atoms. The van der Waals surface area contributed by atoms with Gasteiger partial charge in [-0.3, -0.25) is 4.68 Å². The molecule has 0 aromatic carbocycles. The van der Waals surface area contributed by atoms with Gasteiger partial charge in [-0.1, -0.05) is 6.92 Å². The second kappa shape index (κ2) is 5.76. The fourth-order valence-electron chi connectivity index (χ4n) is 2.34. The number of rotatable bonds is 6. The van der Waals surface area contributed by atoms with Gasteiger partial charge in [-0.2, -0.15) is 5.10 Å². The molecular weight excluding hydrogens is 286 g/mol. The lowest BCUT2D eigenvalue weighted by Crippen LogP contribution is -2.22. The molecule has 2 N–H and O–H groups in total. The standard InChI is InChI=1S/C13H21N7S/c1-4-9(14)7-11-8(2)16-19(3)12(11)21-13-15-17-18-20(13)10-5-6-10/h9-10H,4-7,14H2,1-3H3. The first kappa shape index (κ1) is 14.5. The zero-order valence-electron chi connectivity index (χ0n) is 12.7. The summed E-state index contributed by atoms with van der Waals surface area (Å²) in [6, 6.07) is 0.629. The summed E-state index contributed by atoms with van der Waals surface area (Å²) in [5.41, 5.74) is 8.37.